The lowest BCUT2D eigenvalue weighted by molar-refractivity contribution is -0.124. The molecule has 26 heavy (non-hydrogen) atoms. The number of hydrogen-bond donors (Lipinski definition) is 1. The minimum Gasteiger partial charge on any atom is -0.484 e. The van der Waals surface area contributed by atoms with E-state index in [0.29, 0.717) is 21.8 Å². The number of benzene rings is 1. The summed E-state index contributed by atoms with van der Waals surface area (Å²) in [6, 6.07) is 7.37. The van der Waals surface area contributed by atoms with Crippen LogP contribution < -0.4 is 14.8 Å². The van der Waals surface area contributed by atoms with Crippen molar-refractivity contribution in [1.29, 1.82) is 0 Å². The quantitative estimate of drug-likeness (QED) is 0.807. The van der Waals surface area contributed by atoms with Crippen molar-refractivity contribution >= 4 is 29.1 Å². The van der Waals surface area contributed by atoms with Crippen LogP contribution in [-0.4, -0.2) is 34.6 Å². The summed E-state index contributed by atoms with van der Waals surface area (Å²) in [5, 5.41) is 4.10. The van der Waals surface area contributed by atoms with Crippen LogP contribution in [0.1, 0.15) is 25.7 Å². The van der Waals surface area contributed by atoms with Crippen molar-refractivity contribution in [2.45, 2.75) is 37.8 Å². The van der Waals surface area contributed by atoms with E-state index in [1.54, 1.807) is 24.3 Å². The summed E-state index contributed by atoms with van der Waals surface area (Å²) in [5.74, 6) is 0.481. The number of nitrogens with one attached hydrogen (secondary N) is 1. The smallest absolute Gasteiger partial charge is 0.316 e. The number of halogens is 2. The molecular weight excluding hydrogens is 377 g/mol. The van der Waals surface area contributed by atoms with Crippen LogP contribution in [0.3, 0.4) is 0 Å². The summed E-state index contributed by atoms with van der Waals surface area (Å²) in [7, 11) is 0. The normalized spacial score (nSPS) is 19.6. The Labute approximate surface area is 161 Å². The van der Waals surface area contributed by atoms with Crippen LogP contribution in [0.2, 0.25) is 10.0 Å². The zero-order valence-corrected chi connectivity index (χ0v) is 15.5. The molecule has 1 aromatic carbocycles. The SMILES string of the molecule is O=C(COc1ccc(Cl)cc1)NC1CCC(Oc2ncc(Cl)cn2)CC1. The molecule has 0 saturated heterocycles. The highest BCUT2D eigenvalue weighted by Gasteiger charge is 2.24. The first-order valence-electron chi connectivity index (χ1n) is 8.40. The molecule has 0 bridgehead atoms. The molecule has 0 unspecified atom stereocenters. The number of carbonyl (C=O) groups excluding carboxylic acids is 1. The maximum absolute atomic E-state index is 12.0. The number of rotatable bonds is 6. The van der Waals surface area contributed by atoms with Crippen LogP contribution in [-0.2, 0) is 4.79 Å². The van der Waals surface area contributed by atoms with E-state index in [2.05, 4.69) is 15.3 Å². The maximum atomic E-state index is 12.0. The molecule has 1 fully saturated rings. The molecule has 6 nitrogen and oxygen atoms in total. The fourth-order valence-corrected chi connectivity index (χ4v) is 3.01. The Morgan fingerprint density at radius 2 is 1.69 bits per heavy atom. The van der Waals surface area contributed by atoms with E-state index in [9.17, 15) is 4.79 Å². The van der Waals surface area contributed by atoms with Crippen molar-refractivity contribution in [3.8, 4) is 11.8 Å². The molecule has 1 amide bonds. The molecule has 8 heteroatoms. The van der Waals surface area contributed by atoms with E-state index in [4.69, 9.17) is 32.7 Å². The van der Waals surface area contributed by atoms with Gasteiger partial charge in [0, 0.05) is 11.1 Å². The molecule has 1 heterocycles. The van der Waals surface area contributed by atoms with Crippen molar-refractivity contribution in [2.24, 2.45) is 0 Å². The number of nitrogens with zero attached hydrogens (tertiary/aromatic N) is 2. The molecule has 3 rings (SSSR count). The first-order chi connectivity index (χ1) is 12.6. The van der Waals surface area contributed by atoms with E-state index < -0.39 is 0 Å². The Kier molecular flexibility index (Phi) is 6.52. The number of carbonyl (C=O) groups is 1. The van der Waals surface area contributed by atoms with Gasteiger partial charge in [0.1, 0.15) is 11.9 Å². The molecule has 1 aliphatic carbocycles. The fraction of sp³-hybridized carbons (Fsp3) is 0.389. The molecule has 0 radical (unpaired) electrons. The Balaban J connectivity index is 1.37. The second-order valence-electron chi connectivity index (χ2n) is 6.09. The average molecular weight is 396 g/mol. The average Bonchev–Trinajstić information content (AvgIpc) is 2.65. The number of aromatic nitrogens is 2. The van der Waals surface area contributed by atoms with Gasteiger partial charge < -0.3 is 14.8 Å². The summed E-state index contributed by atoms with van der Waals surface area (Å²) in [6.45, 7) is -0.0172. The van der Waals surface area contributed by atoms with E-state index in [1.807, 2.05) is 0 Å². The standard InChI is InChI=1S/C18H19Cl2N3O3/c19-12-1-5-15(6-2-12)25-11-17(24)23-14-3-7-16(8-4-14)26-18-21-9-13(20)10-22-18/h1-2,5-6,9-10,14,16H,3-4,7-8,11H2,(H,23,24). The molecule has 1 aromatic heterocycles. The van der Waals surface area contributed by atoms with Crippen LogP contribution >= 0.6 is 23.2 Å². The molecule has 1 saturated carbocycles. The van der Waals surface area contributed by atoms with Crippen molar-refractivity contribution in [1.82, 2.24) is 15.3 Å². The molecular formula is C18H19Cl2N3O3. The van der Waals surface area contributed by atoms with Crippen LogP contribution in [0.4, 0.5) is 0 Å². The molecule has 0 atom stereocenters. The van der Waals surface area contributed by atoms with Crippen molar-refractivity contribution in [2.75, 3.05) is 6.61 Å². The number of hydrogen-bond acceptors (Lipinski definition) is 5. The minimum atomic E-state index is -0.134. The van der Waals surface area contributed by atoms with Crippen molar-refractivity contribution in [3.05, 3.63) is 46.7 Å². The maximum Gasteiger partial charge on any atom is 0.316 e. The third-order valence-corrected chi connectivity index (χ3v) is 4.54. The van der Waals surface area contributed by atoms with Gasteiger partial charge in [0.15, 0.2) is 6.61 Å². The summed E-state index contributed by atoms with van der Waals surface area (Å²) < 4.78 is 11.2. The molecule has 2 aromatic rings. The lowest BCUT2D eigenvalue weighted by Crippen LogP contribution is -2.41. The molecule has 0 spiro atoms. The molecule has 1 N–H and O–H groups in total. The van der Waals surface area contributed by atoms with E-state index in [0.717, 1.165) is 25.7 Å². The summed E-state index contributed by atoms with van der Waals surface area (Å²) >= 11 is 11.6. The van der Waals surface area contributed by atoms with Gasteiger partial charge in [-0.1, -0.05) is 23.2 Å². The Morgan fingerprint density at radius 1 is 1.04 bits per heavy atom. The Hall–Kier alpha value is -2.05. The predicted octanol–water partition coefficient (Wildman–Crippen LogP) is 3.67. The Morgan fingerprint density at radius 3 is 2.35 bits per heavy atom. The highest BCUT2D eigenvalue weighted by atomic mass is 35.5. The van der Waals surface area contributed by atoms with Gasteiger partial charge in [-0.25, -0.2) is 9.97 Å². The predicted molar refractivity (Wildman–Crippen MR) is 98.8 cm³/mol. The minimum absolute atomic E-state index is 0.0172. The van der Waals surface area contributed by atoms with Gasteiger partial charge in [-0.3, -0.25) is 4.79 Å². The Bertz CT molecular complexity index is 717. The van der Waals surface area contributed by atoms with Gasteiger partial charge in [0.05, 0.1) is 17.4 Å². The van der Waals surface area contributed by atoms with E-state index >= 15 is 0 Å². The van der Waals surface area contributed by atoms with Crippen molar-refractivity contribution < 1.29 is 14.3 Å². The van der Waals surface area contributed by atoms with Gasteiger partial charge in [0.2, 0.25) is 0 Å². The summed E-state index contributed by atoms with van der Waals surface area (Å²) in [5.41, 5.74) is 0. The first kappa shape index (κ1) is 18.7. The molecule has 1 aliphatic rings. The zero-order chi connectivity index (χ0) is 18.4. The van der Waals surface area contributed by atoms with Gasteiger partial charge in [-0.05, 0) is 49.9 Å². The van der Waals surface area contributed by atoms with Gasteiger partial charge >= 0.3 is 6.01 Å². The van der Waals surface area contributed by atoms with E-state index in [-0.39, 0.29) is 24.7 Å². The lowest BCUT2D eigenvalue weighted by atomic mass is 9.93. The zero-order valence-electron chi connectivity index (χ0n) is 14.0. The third kappa shape index (κ3) is 5.75. The summed E-state index contributed by atoms with van der Waals surface area (Å²) in [6.07, 6.45) is 6.40. The fourth-order valence-electron chi connectivity index (χ4n) is 2.78. The highest BCUT2D eigenvalue weighted by Crippen LogP contribution is 2.22. The molecule has 138 valence electrons. The van der Waals surface area contributed by atoms with Crippen LogP contribution in [0.25, 0.3) is 0 Å². The number of ether oxygens (including phenoxy) is 2. The van der Waals surface area contributed by atoms with Crippen LogP contribution in [0, 0.1) is 0 Å². The summed E-state index contributed by atoms with van der Waals surface area (Å²) in [4.78, 5) is 20.1. The first-order valence-corrected chi connectivity index (χ1v) is 9.16. The van der Waals surface area contributed by atoms with Crippen molar-refractivity contribution in [3.63, 3.8) is 0 Å². The largest absolute Gasteiger partial charge is 0.484 e. The lowest BCUT2D eigenvalue weighted by Gasteiger charge is -2.28. The topological polar surface area (TPSA) is 73.3 Å². The van der Waals surface area contributed by atoms with Gasteiger partial charge in [-0.15, -0.1) is 0 Å². The van der Waals surface area contributed by atoms with Gasteiger partial charge in [-0.2, -0.15) is 0 Å². The second kappa shape index (κ2) is 9.05. The van der Waals surface area contributed by atoms with Crippen LogP contribution in [0.5, 0.6) is 11.8 Å². The third-order valence-electron chi connectivity index (χ3n) is 4.09. The molecule has 0 aliphatic heterocycles. The van der Waals surface area contributed by atoms with Crippen LogP contribution in [0.15, 0.2) is 36.7 Å². The second-order valence-corrected chi connectivity index (χ2v) is 6.96. The monoisotopic (exact) mass is 395 g/mol. The van der Waals surface area contributed by atoms with E-state index in [1.165, 1.54) is 12.4 Å². The van der Waals surface area contributed by atoms with Gasteiger partial charge in [0.25, 0.3) is 5.91 Å². The number of amides is 1. The highest BCUT2D eigenvalue weighted by molar-refractivity contribution is 6.30.